The molecule has 2 amide bonds. The molecule has 1 unspecified atom stereocenters. The van der Waals surface area contributed by atoms with Crippen molar-refractivity contribution in [3.63, 3.8) is 0 Å². The van der Waals surface area contributed by atoms with E-state index in [0.717, 1.165) is 11.1 Å². The highest BCUT2D eigenvalue weighted by atomic mass is 16.4. The zero-order valence-corrected chi connectivity index (χ0v) is 12.5. The quantitative estimate of drug-likeness (QED) is 0.845. The average molecular weight is 289 g/mol. The first-order valence-electron chi connectivity index (χ1n) is 7.05. The molecule has 112 valence electrons. The van der Waals surface area contributed by atoms with E-state index in [-0.39, 0.29) is 30.7 Å². The topological polar surface area (TPSA) is 74.7 Å². The van der Waals surface area contributed by atoms with Crippen LogP contribution in [0.3, 0.4) is 0 Å². The standard InChI is InChI=1S/C16H19NO4/c1-4-11(7-12(18)19)8-17-15(20)13-9(2)5-6-10(3)14(13)16(17)21/h5-6,11H,4,7-8H2,1-3H3,(H,18,19). The minimum atomic E-state index is -0.911. The molecule has 0 aromatic heterocycles. The lowest BCUT2D eigenvalue weighted by Crippen LogP contribution is -2.35. The third-order valence-electron chi connectivity index (χ3n) is 4.02. The molecule has 1 atom stereocenters. The van der Waals surface area contributed by atoms with E-state index in [1.807, 2.05) is 32.9 Å². The van der Waals surface area contributed by atoms with Crippen molar-refractivity contribution in [2.75, 3.05) is 6.54 Å². The summed E-state index contributed by atoms with van der Waals surface area (Å²) in [5, 5.41) is 8.89. The summed E-state index contributed by atoms with van der Waals surface area (Å²) in [4.78, 5) is 37.0. The summed E-state index contributed by atoms with van der Waals surface area (Å²) < 4.78 is 0. The van der Waals surface area contributed by atoms with Crippen LogP contribution in [0.5, 0.6) is 0 Å². The van der Waals surface area contributed by atoms with Crippen molar-refractivity contribution in [1.29, 1.82) is 0 Å². The van der Waals surface area contributed by atoms with E-state index in [0.29, 0.717) is 17.5 Å². The summed E-state index contributed by atoms with van der Waals surface area (Å²) in [6.07, 6.45) is 0.569. The molecular weight excluding hydrogens is 270 g/mol. The van der Waals surface area contributed by atoms with Gasteiger partial charge in [0.1, 0.15) is 0 Å². The molecule has 1 aliphatic rings. The number of fused-ring (bicyclic) bond motifs is 1. The van der Waals surface area contributed by atoms with E-state index in [4.69, 9.17) is 5.11 Å². The predicted molar refractivity (Wildman–Crippen MR) is 77.3 cm³/mol. The van der Waals surface area contributed by atoms with Crippen LogP contribution in [0.1, 0.15) is 51.6 Å². The van der Waals surface area contributed by atoms with E-state index in [1.165, 1.54) is 4.90 Å². The van der Waals surface area contributed by atoms with Gasteiger partial charge in [0.15, 0.2) is 0 Å². The van der Waals surface area contributed by atoms with Crippen LogP contribution < -0.4 is 0 Å². The number of imide groups is 1. The van der Waals surface area contributed by atoms with E-state index in [1.54, 1.807) is 0 Å². The second kappa shape index (κ2) is 5.68. The number of aryl methyl sites for hydroxylation is 2. The van der Waals surface area contributed by atoms with Crippen molar-refractivity contribution in [2.24, 2.45) is 5.92 Å². The summed E-state index contributed by atoms with van der Waals surface area (Å²) in [7, 11) is 0. The smallest absolute Gasteiger partial charge is 0.303 e. The third-order valence-corrected chi connectivity index (χ3v) is 4.02. The second-order valence-corrected chi connectivity index (χ2v) is 5.54. The van der Waals surface area contributed by atoms with Crippen molar-refractivity contribution in [3.05, 3.63) is 34.4 Å². The fourth-order valence-electron chi connectivity index (χ4n) is 2.73. The molecule has 2 rings (SSSR count). The van der Waals surface area contributed by atoms with E-state index in [9.17, 15) is 14.4 Å². The number of nitrogens with zero attached hydrogens (tertiary/aromatic N) is 1. The van der Waals surface area contributed by atoms with E-state index >= 15 is 0 Å². The van der Waals surface area contributed by atoms with Gasteiger partial charge >= 0.3 is 5.97 Å². The Morgan fingerprint density at radius 3 is 2.00 bits per heavy atom. The van der Waals surface area contributed by atoms with Crippen LogP contribution in [-0.2, 0) is 4.79 Å². The molecule has 21 heavy (non-hydrogen) atoms. The molecule has 1 N–H and O–H groups in total. The van der Waals surface area contributed by atoms with Crippen LogP contribution in [0.15, 0.2) is 12.1 Å². The van der Waals surface area contributed by atoms with E-state index in [2.05, 4.69) is 0 Å². The number of hydrogen-bond acceptors (Lipinski definition) is 3. The summed E-state index contributed by atoms with van der Waals surface area (Å²) in [6, 6.07) is 3.66. The lowest BCUT2D eigenvalue weighted by Gasteiger charge is -2.20. The Morgan fingerprint density at radius 2 is 1.62 bits per heavy atom. The highest BCUT2D eigenvalue weighted by Crippen LogP contribution is 2.29. The summed E-state index contributed by atoms with van der Waals surface area (Å²) in [6.45, 7) is 5.64. The van der Waals surface area contributed by atoms with Gasteiger partial charge in [-0.1, -0.05) is 25.5 Å². The molecule has 1 aromatic carbocycles. The maximum Gasteiger partial charge on any atom is 0.303 e. The van der Waals surface area contributed by atoms with Gasteiger partial charge in [0.05, 0.1) is 11.1 Å². The van der Waals surface area contributed by atoms with Crippen molar-refractivity contribution in [1.82, 2.24) is 4.90 Å². The van der Waals surface area contributed by atoms with Gasteiger partial charge in [-0.2, -0.15) is 0 Å². The lowest BCUT2D eigenvalue weighted by molar-refractivity contribution is -0.138. The normalized spacial score (nSPS) is 15.3. The van der Waals surface area contributed by atoms with Gasteiger partial charge in [0.2, 0.25) is 0 Å². The molecule has 0 spiro atoms. The fraction of sp³-hybridized carbons (Fsp3) is 0.438. The first-order chi connectivity index (χ1) is 9.86. The zero-order chi connectivity index (χ0) is 15.7. The number of carbonyl (C=O) groups is 3. The predicted octanol–water partition coefficient (Wildman–Crippen LogP) is 2.40. The number of carboxylic acids is 1. The Morgan fingerprint density at radius 1 is 1.14 bits per heavy atom. The summed E-state index contributed by atoms with van der Waals surface area (Å²) in [5.74, 6) is -1.74. The molecule has 0 saturated carbocycles. The van der Waals surface area contributed by atoms with Crippen molar-refractivity contribution >= 4 is 17.8 Å². The zero-order valence-electron chi connectivity index (χ0n) is 12.5. The number of rotatable bonds is 5. The van der Waals surface area contributed by atoms with Crippen LogP contribution in [0, 0.1) is 19.8 Å². The molecule has 0 radical (unpaired) electrons. The average Bonchev–Trinajstić information content (AvgIpc) is 2.67. The monoisotopic (exact) mass is 289 g/mol. The Kier molecular flexibility index (Phi) is 4.11. The molecule has 0 aliphatic carbocycles. The van der Waals surface area contributed by atoms with Gasteiger partial charge in [-0.25, -0.2) is 0 Å². The third kappa shape index (κ3) is 2.68. The largest absolute Gasteiger partial charge is 0.481 e. The Bertz CT molecular complexity index is 580. The van der Waals surface area contributed by atoms with Crippen molar-refractivity contribution in [2.45, 2.75) is 33.6 Å². The summed E-state index contributed by atoms with van der Waals surface area (Å²) in [5.41, 5.74) is 2.49. The first-order valence-corrected chi connectivity index (χ1v) is 7.05. The number of carboxylic acid groups (broad SMARTS) is 1. The van der Waals surface area contributed by atoms with Crippen LogP contribution >= 0.6 is 0 Å². The summed E-state index contributed by atoms with van der Waals surface area (Å²) >= 11 is 0. The second-order valence-electron chi connectivity index (χ2n) is 5.54. The molecule has 0 fully saturated rings. The minimum Gasteiger partial charge on any atom is -0.481 e. The Labute approximate surface area is 123 Å². The molecule has 0 bridgehead atoms. The van der Waals surface area contributed by atoms with Crippen molar-refractivity contribution < 1.29 is 19.5 Å². The number of aliphatic carboxylic acids is 1. The molecule has 1 aromatic rings. The SMILES string of the molecule is CCC(CC(=O)O)CN1C(=O)c2c(C)ccc(C)c2C1=O. The number of carbonyl (C=O) groups excluding carboxylic acids is 2. The van der Waals surface area contributed by atoms with Gasteiger partial charge in [0, 0.05) is 13.0 Å². The van der Waals surface area contributed by atoms with Gasteiger partial charge in [0.25, 0.3) is 11.8 Å². The molecule has 5 nitrogen and oxygen atoms in total. The number of hydrogen-bond donors (Lipinski definition) is 1. The Balaban J connectivity index is 2.31. The fourth-order valence-corrected chi connectivity index (χ4v) is 2.73. The maximum absolute atomic E-state index is 12.5. The number of amides is 2. The lowest BCUT2D eigenvalue weighted by atomic mass is 9.99. The van der Waals surface area contributed by atoms with Gasteiger partial charge < -0.3 is 5.11 Å². The molecule has 1 aliphatic heterocycles. The van der Waals surface area contributed by atoms with Gasteiger partial charge in [-0.15, -0.1) is 0 Å². The van der Waals surface area contributed by atoms with Crippen molar-refractivity contribution in [3.8, 4) is 0 Å². The first kappa shape index (κ1) is 15.2. The van der Waals surface area contributed by atoms with Gasteiger partial charge in [-0.05, 0) is 30.9 Å². The van der Waals surface area contributed by atoms with Crippen LogP contribution in [0.25, 0.3) is 0 Å². The highest BCUT2D eigenvalue weighted by Gasteiger charge is 2.38. The van der Waals surface area contributed by atoms with Crippen LogP contribution in [0.4, 0.5) is 0 Å². The molecule has 0 saturated heterocycles. The molecule has 5 heteroatoms. The highest BCUT2D eigenvalue weighted by molar-refractivity contribution is 6.22. The Hall–Kier alpha value is -2.17. The molecular formula is C16H19NO4. The number of benzene rings is 1. The maximum atomic E-state index is 12.5. The van der Waals surface area contributed by atoms with Gasteiger partial charge in [-0.3, -0.25) is 19.3 Å². The van der Waals surface area contributed by atoms with E-state index < -0.39 is 5.97 Å². The van der Waals surface area contributed by atoms with Crippen LogP contribution in [-0.4, -0.2) is 34.3 Å². The van der Waals surface area contributed by atoms with Crippen LogP contribution in [0.2, 0.25) is 0 Å². The molecule has 1 heterocycles. The minimum absolute atomic E-state index is 0.0398.